The second-order valence-corrected chi connectivity index (χ2v) is 5.99. The van der Waals surface area contributed by atoms with Crippen LogP contribution in [0, 0.1) is 0 Å². The van der Waals surface area contributed by atoms with E-state index in [2.05, 4.69) is 14.6 Å². The van der Waals surface area contributed by atoms with Crippen molar-refractivity contribution in [1.29, 1.82) is 0 Å². The van der Waals surface area contributed by atoms with Gasteiger partial charge in [-0.2, -0.15) is 0 Å². The third kappa shape index (κ3) is 1.61. The molecule has 106 valence electrons. The van der Waals surface area contributed by atoms with Gasteiger partial charge in [-0.1, -0.05) is 0 Å². The maximum atomic E-state index is 11.6. The molecule has 2 fully saturated rings. The van der Waals surface area contributed by atoms with Gasteiger partial charge < -0.3 is 20.9 Å². The van der Waals surface area contributed by atoms with Gasteiger partial charge in [0.05, 0.1) is 11.7 Å². The van der Waals surface area contributed by atoms with Crippen molar-refractivity contribution in [2.24, 2.45) is 5.73 Å². The van der Waals surface area contributed by atoms with E-state index < -0.39 is 0 Å². The molecule has 0 aromatic carbocycles. The Morgan fingerprint density at radius 3 is 3.25 bits per heavy atom. The van der Waals surface area contributed by atoms with Crippen molar-refractivity contribution in [3.8, 4) is 0 Å². The van der Waals surface area contributed by atoms with Crippen LogP contribution in [0.5, 0.6) is 0 Å². The Morgan fingerprint density at radius 2 is 2.40 bits per heavy atom. The average Bonchev–Trinajstić information content (AvgIpc) is 3.12. The number of anilines is 1. The number of aromatic nitrogens is 2. The first-order chi connectivity index (χ1) is 9.78. The largest absolute Gasteiger partial charge is 0.351 e. The van der Waals surface area contributed by atoms with Crippen LogP contribution in [0.4, 0.5) is 10.6 Å². The Labute approximate surface area is 120 Å². The van der Waals surface area contributed by atoms with Crippen LogP contribution in [0.3, 0.4) is 0 Å². The van der Waals surface area contributed by atoms with Crippen LogP contribution in [0.2, 0.25) is 0 Å². The molecule has 2 saturated heterocycles. The Hall–Kier alpha value is -1.80. The molecule has 0 spiro atoms. The Morgan fingerprint density at radius 1 is 1.50 bits per heavy atom. The SMILES string of the molecule is NCc1c(N2CCN3C(=O)NCC3C2)nc2sccn12. The summed E-state index contributed by atoms with van der Waals surface area (Å²) in [6.45, 7) is 3.55. The molecule has 2 aliphatic heterocycles. The van der Waals surface area contributed by atoms with E-state index in [-0.39, 0.29) is 12.1 Å². The van der Waals surface area contributed by atoms with Gasteiger partial charge in [0, 0.05) is 44.3 Å². The van der Waals surface area contributed by atoms with Gasteiger partial charge in [0.2, 0.25) is 0 Å². The molecule has 2 aliphatic rings. The fourth-order valence-corrected chi connectivity index (χ4v) is 3.79. The van der Waals surface area contributed by atoms with Crippen molar-refractivity contribution in [3.05, 3.63) is 17.3 Å². The zero-order chi connectivity index (χ0) is 13.7. The highest BCUT2D eigenvalue weighted by Gasteiger charge is 2.36. The number of amides is 2. The van der Waals surface area contributed by atoms with E-state index >= 15 is 0 Å². The van der Waals surface area contributed by atoms with E-state index in [9.17, 15) is 4.79 Å². The zero-order valence-corrected chi connectivity index (χ0v) is 11.8. The fourth-order valence-electron chi connectivity index (χ4n) is 3.06. The molecular formula is C12H16N6OS. The standard InChI is InChI=1S/C12H16N6OS/c13-5-9-10(15-12-18(9)3-4-20-12)16-1-2-17-8(7-16)6-14-11(17)19/h3-4,8H,1-2,5-7,13H2,(H,14,19). The number of piperazine rings is 1. The summed E-state index contributed by atoms with van der Waals surface area (Å²) in [5.41, 5.74) is 6.94. The number of carbonyl (C=O) groups is 1. The van der Waals surface area contributed by atoms with E-state index in [0.29, 0.717) is 6.54 Å². The van der Waals surface area contributed by atoms with Gasteiger partial charge in [0.1, 0.15) is 0 Å². The van der Waals surface area contributed by atoms with Gasteiger partial charge in [-0.25, -0.2) is 9.78 Å². The number of fused-ring (bicyclic) bond motifs is 2. The predicted molar refractivity (Wildman–Crippen MR) is 77.1 cm³/mol. The minimum Gasteiger partial charge on any atom is -0.351 e. The van der Waals surface area contributed by atoms with Gasteiger partial charge in [0.25, 0.3) is 0 Å². The van der Waals surface area contributed by atoms with E-state index in [1.54, 1.807) is 11.3 Å². The second kappa shape index (κ2) is 4.35. The average molecular weight is 292 g/mol. The number of imidazole rings is 1. The second-order valence-electron chi connectivity index (χ2n) is 5.12. The summed E-state index contributed by atoms with van der Waals surface area (Å²) in [6, 6.07) is 0.293. The molecule has 4 heterocycles. The molecule has 0 saturated carbocycles. The summed E-state index contributed by atoms with van der Waals surface area (Å²) < 4.78 is 2.06. The number of nitrogens with two attached hydrogens (primary N) is 1. The van der Waals surface area contributed by atoms with Crippen LogP contribution in [-0.4, -0.2) is 52.5 Å². The van der Waals surface area contributed by atoms with E-state index in [1.807, 2.05) is 16.5 Å². The van der Waals surface area contributed by atoms with Crippen molar-refractivity contribution in [3.63, 3.8) is 0 Å². The molecule has 7 nitrogen and oxygen atoms in total. The molecule has 2 amide bonds. The van der Waals surface area contributed by atoms with Gasteiger partial charge in [-0.05, 0) is 0 Å². The molecule has 0 aliphatic carbocycles. The Balaban J connectivity index is 1.66. The molecule has 0 bridgehead atoms. The summed E-state index contributed by atoms with van der Waals surface area (Å²) in [5.74, 6) is 0.971. The number of hydrogen-bond acceptors (Lipinski definition) is 5. The number of urea groups is 1. The molecule has 0 radical (unpaired) electrons. The number of hydrogen-bond donors (Lipinski definition) is 2. The highest BCUT2D eigenvalue weighted by molar-refractivity contribution is 7.15. The number of nitrogens with one attached hydrogen (secondary N) is 1. The van der Waals surface area contributed by atoms with Crippen molar-refractivity contribution >= 4 is 28.1 Å². The van der Waals surface area contributed by atoms with Crippen LogP contribution >= 0.6 is 11.3 Å². The first-order valence-corrected chi connectivity index (χ1v) is 7.60. The lowest BCUT2D eigenvalue weighted by atomic mass is 10.2. The molecular weight excluding hydrogens is 276 g/mol. The summed E-state index contributed by atoms with van der Waals surface area (Å²) in [5, 5.41) is 4.91. The molecule has 2 aromatic rings. The van der Waals surface area contributed by atoms with Crippen molar-refractivity contribution < 1.29 is 4.79 Å². The Kier molecular flexibility index (Phi) is 2.61. The maximum absolute atomic E-state index is 11.6. The normalized spacial score (nSPS) is 22.4. The van der Waals surface area contributed by atoms with Gasteiger partial charge >= 0.3 is 6.03 Å². The van der Waals surface area contributed by atoms with Crippen LogP contribution < -0.4 is 16.0 Å². The number of nitrogens with zero attached hydrogens (tertiary/aromatic N) is 4. The fraction of sp³-hybridized carbons (Fsp3) is 0.500. The van der Waals surface area contributed by atoms with Gasteiger partial charge in [0.15, 0.2) is 10.8 Å². The first kappa shape index (κ1) is 12.0. The van der Waals surface area contributed by atoms with Crippen LogP contribution in [-0.2, 0) is 6.54 Å². The van der Waals surface area contributed by atoms with Crippen molar-refractivity contribution in [2.75, 3.05) is 31.1 Å². The topological polar surface area (TPSA) is 78.9 Å². The lowest BCUT2D eigenvalue weighted by molar-refractivity contribution is 0.197. The van der Waals surface area contributed by atoms with Crippen molar-refractivity contribution in [2.45, 2.75) is 12.6 Å². The molecule has 8 heteroatoms. The van der Waals surface area contributed by atoms with E-state index in [4.69, 9.17) is 10.7 Å². The summed E-state index contributed by atoms with van der Waals surface area (Å²) >= 11 is 1.61. The molecule has 4 rings (SSSR count). The molecule has 1 atom stereocenters. The monoisotopic (exact) mass is 292 g/mol. The lowest BCUT2D eigenvalue weighted by Crippen LogP contribution is -2.52. The van der Waals surface area contributed by atoms with Crippen LogP contribution in [0.1, 0.15) is 5.69 Å². The summed E-state index contributed by atoms with van der Waals surface area (Å²) in [4.78, 5) is 21.5. The van der Waals surface area contributed by atoms with E-state index in [0.717, 1.165) is 42.7 Å². The third-order valence-corrected chi connectivity index (χ3v) is 4.82. The third-order valence-electron chi connectivity index (χ3n) is 4.07. The minimum absolute atomic E-state index is 0.0551. The molecule has 3 N–H and O–H groups in total. The lowest BCUT2D eigenvalue weighted by Gasteiger charge is -2.37. The van der Waals surface area contributed by atoms with Crippen LogP contribution in [0.15, 0.2) is 11.6 Å². The summed E-state index contributed by atoms with van der Waals surface area (Å²) in [7, 11) is 0. The van der Waals surface area contributed by atoms with Crippen molar-refractivity contribution in [1.82, 2.24) is 19.6 Å². The minimum atomic E-state index is 0.0551. The highest BCUT2D eigenvalue weighted by Crippen LogP contribution is 2.27. The number of rotatable bonds is 2. The predicted octanol–water partition coefficient (Wildman–Crippen LogP) is 0.0683. The van der Waals surface area contributed by atoms with Crippen LogP contribution in [0.25, 0.3) is 4.96 Å². The highest BCUT2D eigenvalue weighted by atomic mass is 32.1. The molecule has 2 aromatic heterocycles. The smallest absolute Gasteiger partial charge is 0.317 e. The molecule has 1 unspecified atom stereocenters. The Bertz CT molecular complexity index is 664. The van der Waals surface area contributed by atoms with Gasteiger partial charge in [-0.3, -0.25) is 4.40 Å². The quantitative estimate of drug-likeness (QED) is 0.821. The molecule has 20 heavy (non-hydrogen) atoms. The maximum Gasteiger partial charge on any atom is 0.317 e. The number of carbonyl (C=O) groups excluding carboxylic acids is 1. The zero-order valence-electron chi connectivity index (χ0n) is 11.0. The number of thiazole rings is 1. The van der Waals surface area contributed by atoms with E-state index in [1.165, 1.54) is 0 Å². The first-order valence-electron chi connectivity index (χ1n) is 6.72. The summed E-state index contributed by atoms with van der Waals surface area (Å²) in [6.07, 6.45) is 2.01. The van der Waals surface area contributed by atoms with Gasteiger partial charge in [-0.15, -0.1) is 11.3 Å².